The van der Waals surface area contributed by atoms with Gasteiger partial charge in [0.25, 0.3) is 11.8 Å². The van der Waals surface area contributed by atoms with E-state index in [1.54, 1.807) is 6.07 Å². The minimum Gasteiger partial charge on any atom is -0.348 e. The summed E-state index contributed by atoms with van der Waals surface area (Å²) in [6.45, 7) is 5.26. The number of nitrogens with zero attached hydrogens (tertiary/aromatic N) is 2. The van der Waals surface area contributed by atoms with Gasteiger partial charge in [-0.1, -0.05) is 11.6 Å². The predicted octanol–water partition coefficient (Wildman–Crippen LogP) is 5.12. The fourth-order valence-electron chi connectivity index (χ4n) is 3.60. The summed E-state index contributed by atoms with van der Waals surface area (Å²) in [5.41, 5.74) is 2.09. The second-order valence-corrected chi connectivity index (χ2v) is 8.46. The fraction of sp³-hybridized carbons (Fsp3) is 0.238. The van der Waals surface area contributed by atoms with Crippen molar-refractivity contribution in [2.24, 2.45) is 0 Å². The third-order valence-electron chi connectivity index (χ3n) is 5.13. The lowest BCUT2D eigenvalue weighted by molar-refractivity contribution is 0.0648. The monoisotopic (exact) mass is 431 g/mol. The van der Waals surface area contributed by atoms with Crippen LogP contribution in [0.2, 0.25) is 5.02 Å². The summed E-state index contributed by atoms with van der Waals surface area (Å²) in [6, 6.07) is 9.38. The number of aromatic nitrogens is 1. The number of carbonyl (C=O) groups excluding carboxylic acids is 2. The first kappa shape index (κ1) is 19.7. The van der Waals surface area contributed by atoms with Crippen LogP contribution in [-0.4, -0.2) is 27.8 Å². The van der Waals surface area contributed by atoms with Gasteiger partial charge in [-0.2, -0.15) is 0 Å². The highest BCUT2D eigenvalue weighted by molar-refractivity contribution is 7.18. The van der Waals surface area contributed by atoms with Crippen LogP contribution in [0.3, 0.4) is 0 Å². The molecule has 1 aliphatic rings. The van der Waals surface area contributed by atoms with Crippen LogP contribution in [0.25, 0.3) is 0 Å². The van der Waals surface area contributed by atoms with Crippen molar-refractivity contribution in [2.75, 3.05) is 11.9 Å². The Morgan fingerprint density at radius 1 is 1.24 bits per heavy atom. The zero-order valence-corrected chi connectivity index (χ0v) is 17.5. The number of halogens is 2. The number of carbonyl (C=O) groups is 2. The van der Waals surface area contributed by atoms with Crippen LogP contribution in [-0.2, 0) is 6.54 Å². The van der Waals surface area contributed by atoms with E-state index in [2.05, 4.69) is 9.88 Å². The van der Waals surface area contributed by atoms with Crippen molar-refractivity contribution in [1.29, 1.82) is 0 Å². The molecule has 3 aromatic rings. The third-order valence-corrected chi connectivity index (χ3v) is 6.58. The van der Waals surface area contributed by atoms with Gasteiger partial charge < -0.3 is 14.8 Å². The Hall–Kier alpha value is -2.64. The number of rotatable bonds is 3. The highest BCUT2D eigenvalue weighted by atomic mass is 35.5. The van der Waals surface area contributed by atoms with Crippen LogP contribution in [0.4, 0.5) is 9.39 Å². The maximum atomic E-state index is 13.2. The number of benzene rings is 1. The Bertz CT molecular complexity index is 1110. The Morgan fingerprint density at radius 2 is 2.03 bits per heavy atom. The molecule has 1 aliphatic heterocycles. The Kier molecular flexibility index (Phi) is 5.19. The van der Waals surface area contributed by atoms with E-state index in [1.165, 1.54) is 23.5 Å². The second kappa shape index (κ2) is 7.65. The first-order valence-electron chi connectivity index (χ1n) is 9.18. The first-order chi connectivity index (χ1) is 13.8. The van der Waals surface area contributed by atoms with E-state index >= 15 is 0 Å². The molecule has 2 amide bonds. The van der Waals surface area contributed by atoms with Crippen LogP contribution in [0.1, 0.15) is 44.3 Å². The predicted molar refractivity (Wildman–Crippen MR) is 112 cm³/mol. The number of fused-ring (bicyclic) bond motifs is 1. The van der Waals surface area contributed by atoms with Crippen molar-refractivity contribution in [2.45, 2.75) is 26.4 Å². The third kappa shape index (κ3) is 3.68. The molecule has 4 rings (SSSR count). The molecule has 5 nitrogen and oxygen atoms in total. The minimum atomic E-state index is -0.506. The SMILES string of the molecule is Cc1cc(NC(=O)c2ccc(F)cc2Cl)sc1C(=O)N1CCn2cccc2C1C. The fourth-order valence-corrected chi connectivity index (χ4v) is 4.87. The number of nitrogens with one attached hydrogen (secondary N) is 1. The molecule has 1 atom stereocenters. The summed E-state index contributed by atoms with van der Waals surface area (Å²) in [7, 11) is 0. The van der Waals surface area contributed by atoms with Crippen LogP contribution in [0.15, 0.2) is 42.6 Å². The summed E-state index contributed by atoms with van der Waals surface area (Å²) in [6.07, 6.45) is 2.03. The first-order valence-corrected chi connectivity index (χ1v) is 10.4. The Labute approximate surface area is 176 Å². The molecule has 0 spiro atoms. The van der Waals surface area contributed by atoms with Crippen molar-refractivity contribution in [3.05, 3.63) is 75.1 Å². The Morgan fingerprint density at radius 3 is 2.79 bits per heavy atom. The molecule has 150 valence electrons. The van der Waals surface area contributed by atoms with Gasteiger partial charge in [-0.05, 0) is 55.8 Å². The normalized spacial score (nSPS) is 15.9. The van der Waals surface area contributed by atoms with Gasteiger partial charge in [-0.15, -0.1) is 11.3 Å². The van der Waals surface area contributed by atoms with Gasteiger partial charge >= 0.3 is 0 Å². The number of hydrogen-bond acceptors (Lipinski definition) is 3. The maximum absolute atomic E-state index is 13.2. The molecular weight excluding hydrogens is 413 g/mol. The summed E-state index contributed by atoms with van der Waals surface area (Å²) in [5, 5.41) is 3.34. The molecule has 2 aromatic heterocycles. The van der Waals surface area contributed by atoms with E-state index in [4.69, 9.17) is 11.6 Å². The molecular formula is C21H19ClFN3O2S. The lowest BCUT2D eigenvalue weighted by Crippen LogP contribution is -2.40. The molecule has 1 N–H and O–H groups in total. The van der Waals surface area contributed by atoms with E-state index in [-0.39, 0.29) is 22.5 Å². The van der Waals surface area contributed by atoms with Crippen molar-refractivity contribution in [1.82, 2.24) is 9.47 Å². The van der Waals surface area contributed by atoms with Gasteiger partial charge in [-0.3, -0.25) is 9.59 Å². The van der Waals surface area contributed by atoms with Gasteiger partial charge in [0.05, 0.1) is 26.5 Å². The van der Waals surface area contributed by atoms with Gasteiger partial charge in [-0.25, -0.2) is 4.39 Å². The second-order valence-electron chi connectivity index (χ2n) is 7.00. The maximum Gasteiger partial charge on any atom is 0.264 e. The molecule has 0 fully saturated rings. The minimum absolute atomic E-state index is 0.0242. The van der Waals surface area contributed by atoms with E-state index in [9.17, 15) is 14.0 Å². The van der Waals surface area contributed by atoms with E-state index in [1.807, 2.05) is 37.1 Å². The molecule has 1 unspecified atom stereocenters. The smallest absolute Gasteiger partial charge is 0.264 e. The topological polar surface area (TPSA) is 54.3 Å². The molecule has 0 bridgehead atoms. The summed E-state index contributed by atoms with van der Waals surface area (Å²) in [5.74, 6) is -1.000. The zero-order chi connectivity index (χ0) is 20.7. The largest absolute Gasteiger partial charge is 0.348 e. The highest BCUT2D eigenvalue weighted by Crippen LogP contribution is 2.33. The van der Waals surface area contributed by atoms with Crippen molar-refractivity contribution in [3.8, 4) is 0 Å². The summed E-state index contributed by atoms with van der Waals surface area (Å²) >= 11 is 7.20. The number of aryl methyl sites for hydroxylation is 1. The zero-order valence-electron chi connectivity index (χ0n) is 15.9. The van der Waals surface area contributed by atoms with Gasteiger partial charge in [0.1, 0.15) is 5.82 Å². The van der Waals surface area contributed by atoms with E-state index < -0.39 is 11.7 Å². The standard InChI is InChI=1S/C21H19ClFN3O2S/c1-12-10-18(24-20(27)15-6-5-14(23)11-16(15)22)29-19(12)21(28)26-9-8-25-7-3-4-17(25)13(26)2/h3-7,10-11,13H,8-9H2,1-2H3,(H,24,27). The van der Waals surface area contributed by atoms with Crippen molar-refractivity contribution < 1.29 is 14.0 Å². The highest BCUT2D eigenvalue weighted by Gasteiger charge is 2.30. The van der Waals surface area contributed by atoms with Gasteiger partial charge in [0, 0.05) is 25.0 Å². The number of anilines is 1. The van der Waals surface area contributed by atoms with Crippen molar-refractivity contribution >= 4 is 39.8 Å². The molecule has 3 heterocycles. The lowest BCUT2D eigenvalue weighted by Gasteiger charge is -2.34. The van der Waals surface area contributed by atoms with Crippen LogP contribution in [0, 0.1) is 12.7 Å². The number of thiophene rings is 1. The van der Waals surface area contributed by atoms with Crippen molar-refractivity contribution in [3.63, 3.8) is 0 Å². The average Bonchev–Trinajstić information content (AvgIpc) is 3.28. The molecule has 0 saturated heterocycles. The summed E-state index contributed by atoms with van der Waals surface area (Å²) in [4.78, 5) is 28.1. The molecule has 8 heteroatoms. The molecule has 1 aromatic carbocycles. The summed E-state index contributed by atoms with van der Waals surface area (Å²) < 4.78 is 15.4. The lowest BCUT2D eigenvalue weighted by atomic mass is 10.1. The average molecular weight is 432 g/mol. The molecule has 29 heavy (non-hydrogen) atoms. The van der Waals surface area contributed by atoms with Gasteiger partial charge in [0.2, 0.25) is 0 Å². The molecule has 0 radical (unpaired) electrons. The van der Waals surface area contributed by atoms with E-state index in [0.29, 0.717) is 16.4 Å². The quantitative estimate of drug-likeness (QED) is 0.625. The van der Waals surface area contributed by atoms with Crippen LogP contribution >= 0.6 is 22.9 Å². The van der Waals surface area contributed by atoms with E-state index in [0.717, 1.165) is 23.9 Å². The Balaban J connectivity index is 1.53. The molecule has 0 saturated carbocycles. The van der Waals surface area contributed by atoms with Crippen LogP contribution in [0.5, 0.6) is 0 Å². The molecule has 0 aliphatic carbocycles. The number of hydrogen-bond donors (Lipinski definition) is 1. The van der Waals surface area contributed by atoms with Crippen LogP contribution < -0.4 is 5.32 Å². The van der Waals surface area contributed by atoms with Gasteiger partial charge in [0.15, 0.2) is 0 Å². The number of amides is 2.